The highest BCUT2D eigenvalue weighted by Crippen LogP contribution is 2.33. The second-order valence-electron chi connectivity index (χ2n) is 5.39. The number of alkyl halides is 2. The summed E-state index contributed by atoms with van der Waals surface area (Å²) < 4.78 is 0. The minimum absolute atomic E-state index is 0.178. The lowest BCUT2D eigenvalue weighted by molar-refractivity contribution is 0.472. The molecule has 0 atom stereocenters. The molecule has 0 bridgehead atoms. The Morgan fingerprint density at radius 1 is 0.810 bits per heavy atom. The molecule has 3 heteroatoms. The van der Waals surface area contributed by atoms with Crippen molar-refractivity contribution in [1.29, 1.82) is 0 Å². The Morgan fingerprint density at radius 3 is 2.00 bits per heavy atom. The van der Waals surface area contributed by atoms with Crippen molar-refractivity contribution < 1.29 is 0 Å². The zero-order valence-electron chi connectivity index (χ0n) is 11.9. The van der Waals surface area contributed by atoms with Crippen LogP contribution in [-0.2, 0) is 11.8 Å². The minimum Gasteiger partial charge on any atom is -0.126 e. The molecular formula is C18H19Cl3. The predicted molar refractivity (Wildman–Crippen MR) is 94.0 cm³/mol. The Morgan fingerprint density at radius 2 is 1.43 bits per heavy atom. The summed E-state index contributed by atoms with van der Waals surface area (Å²) in [6, 6.07) is 18.4. The van der Waals surface area contributed by atoms with Crippen molar-refractivity contribution in [3.63, 3.8) is 0 Å². The molecule has 0 saturated heterocycles. The van der Waals surface area contributed by atoms with Crippen LogP contribution in [0.25, 0.3) is 0 Å². The molecule has 0 aliphatic rings. The molecule has 0 spiro atoms. The summed E-state index contributed by atoms with van der Waals surface area (Å²) in [5.74, 6) is 1.04. The fraction of sp³-hybridized carbons (Fsp3) is 0.333. The number of halogens is 3. The second kappa shape index (κ2) is 8.08. The van der Waals surface area contributed by atoms with Crippen molar-refractivity contribution in [2.75, 3.05) is 11.8 Å². The normalized spacial score (nSPS) is 11.6. The molecule has 0 aliphatic heterocycles. The highest BCUT2D eigenvalue weighted by molar-refractivity contribution is 6.30. The highest BCUT2D eigenvalue weighted by Gasteiger charge is 2.30. The summed E-state index contributed by atoms with van der Waals surface area (Å²) in [4.78, 5) is 0. The fourth-order valence-corrected chi connectivity index (χ4v) is 3.53. The number of hydrogen-bond donors (Lipinski definition) is 0. The largest absolute Gasteiger partial charge is 0.126 e. The van der Waals surface area contributed by atoms with Gasteiger partial charge in [-0.05, 0) is 42.5 Å². The van der Waals surface area contributed by atoms with Crippen LogP contribution in [0.1, 0.15) is 24.0 Å². The monoisotopic (exact) mass is 340 g/mol. The van der Waals surface area contributed by atoms with E-state index in [1.165, 1.54) is 11.1 Å². The van der Waals surface area contributed by atoms with Crippen LogP contribution in [0.2, 0.25) is 5.02 Å². The highest BCUT2D eigenvalue weighted by atomic mass is 35.5. The van der Waals surface area contributed by atoms with Gasteiger partial charge < -0.3 is 0 Å². The van der Waals surface area contributed by atoms with Gasteiger partial charge in [-0.2, -0.15) is 0 Å². The van der Waals surface area contributed by atoms with Gasteiger partial charge in [0.2, 0.25) is 0 Å². The predicted octanol–water partition coefficient (Wildman–Crippen LogP) is 6.08. The first-order valence-corrected chi connectivity index (χ1v) is 8.57. The zero-order chi connectivity index (χ0) is 15.1. The summed E-state index contributed by atoms with van der Waals surface area (Å²) in [5, 5.41) is 0.737. The van der Waals surface area contributed by atoms with Crippen LogP contribution in [-0.4, -0.2) is 11.8 Å². The van der Waals surface area contributed by atoms with E-state index in [1.54, 1.807) is 0 Å². The molecule has 21 heavy (non-hydrogen) atoms. The van der Waals surface area contributed by atoms with Crippen molar-refractivity contribution in [2.45, 2.75) is 24.7 Å². The molecule has 112 valence electrons. The van der Waals surface area contributed by atoms with E-state index in [0.29, 0.717) is 11.8 Å². The van der Waals surface area contributed by atoms with Crippen LogP contribution >= 0.6 is 34.8 Å². The average Bonchev–Trinajstić information content (AvgIpc) is 2.54. The molecule has 0 radical (unpaired) electrons. The van der Waals surface area contributed by atoms with Crippen LogP contribution in [0, 0.1) is 0 Å². The van der Waals surface area contributed by atoms with Gasteiger partial charge in [-0.3, -0.25) is 0 Å². The first-order chi connectivity index (χ1) is 10.2. The van der Waals surface area contributed by atoms with Crippen molar-refractivity contribution in [2.24, 2.45) is 0 Å². The number of rotatable bonds is 7. The number of benzene rings is 2. The lowest BCUT2D eigenvalue weighted by Crippen LogP contribution is -2.30. The second-order valence-corrected chi connectivity index (χ2v) is 6.36. The van der Waals surface area contributed by atoms with Crippen LogP contribution < -0.4 is 0 Å². The maximum absolute atomic E-state index is 6.26. The van der Waals surface area contributed by atoms with Gasteiger partial charge >= 0.3 is 0 Å². The Labute approximate surface area is 142 Å². The van der Waals surface area contributed by atoms with E-state index in [0.717, 1.165) is 24.3 Å². The van der Waals surface area contributed by atoms with Crippen LogP contribution in [0.4, 0.5) is 0 Å². The molecule has 2 aromatic carbocycles. The molecule has 0 fully saturated rings. The third-order valence-corrected chi connectivity index (χ3v) is 5.21. The minimum atomic E-state index is -0.178. The SMILES string of the molecule is ClCC(CCl)(CCCc1ccccc1)c1ccc(Cl)cc1. The van der Waals surface area contributed by atoms with Gasteiger partial charge in [0.1, 0.15) is 0 Å². The first kappa shape index (κ1) is 16.7. The molecule has 0 saturated carbocycles. The standard InChI is InChI=1S/C18H19Cl3/c19-13-18(14-20,16-8-10-17(21)11-9-16)12-4-7-15-5-2-1-3-6-15/h1-3,5-6,8-11H,4,7,12-14H2. The Balaban J connectivity index is 2.06. The Hall–Kier alpha value is -0.690. The van der Waals surface area contributed by atoms with E-state index in [2.05, 4.69) is 24.3 Å². The maximum atomic E-state index is 6.26. The van der Waals surface area contributed by atoms with E-state index in [4.69, 9.17) is 34.8 Å². The van der Waals surface area contributed by atoms with Crippen molar-refractivity contribution in [1.82, 2.24) is 0 Å². The lowest BCUT2D eigenvalue weighted by atomic mass is 9.79. The van der Waals surface area contributed by atoms with Crippen molar-refractivity contribution >= 4 is 34.8 Å². The van der Waals surface area contributed by atoms with Gasteiger partial charge in [-0.25, -0.2) is 0 Å². The average molecular weight is 342 g/mol. The smallest absolute Gasteiger partial charge is 0.0406 e. The molecule has 2 aromatic rings. The third kappa shape index (κ3) is 4.39. The Bertz CT molecular complexity index is 530. The summed E-state index contributed by atoms with van der Waals surface area (Å²) in [5.41, 5.74) is 2.35. The molecule has 0 aromatic heterocycles. The van der Waals surface area contributed by atoms with Crippen molar-refractivity contribution in [3.8, 4) is 0 Å². The van der Waals surface area contributed by atoms with Gasteiger partial charge in [-0.15, -0.1) is 23.2 Å². The first-order valence-electron chi connectivity index (χ1n) is 7.12. The van der Waals surface area contributed by atoms with E-state index in [9.17, 15) is 0 Å². The lowest BCUT2D eigenvalue weighted by Gasteiger charge is -2.30. The van der Waals surface area contributed by atoms with E-state index >= 15 is 0 Å². The van der Waals surface area contributed by atoms with Gasteiger partial charge in [0.15, 0.2) is 0 Å². The molecule has 0 N–H and O–H groups in total. The van der Waals surface area contributed by atoms with Crippen LogP contribution in [0.5, 0.6) is 0 Å². The molecule has 0 amide bonds. The Kier molecular flexibility index (Phi) is 6.41. The van der Waals surface area contributed by atoms with Crippen molar-refractivity contribution in [3.05, 3.63) is 70.7 Å². The summed E-state index contributed by atoms with van der Waals surface area (Å²) in [6.07, 6.45) is 3.08. The zero-order valence-corrected chi connectivity index (χ0v) is 14.1. The molecule has 2 rings (SSSR count). The number of aryl methyl sites for hydroxylation is 1. The fourth-order valence-electron chi connectivity index (χ4n) is 2.55. The maximum Gasteiger partial charge on any atom is 0.0406 e. The van der Waals surface area contributed by atoms with Crippen LogP contribution in [0.15, 0.2) is 54.6 Å². The molecule has 0 heterocycles. The summed E-state index contributed by atoms with van der Waals surface area (Å²) in [7, 11) is 0. The van der Waals surface area contributed by atoms with Gasteiger partial charge in [-0.1, -0.05) is 54.1 Å². The quantitative estimate of drug-likeness (QED) is 0.535. The van der Waals surface area contributed by atoms with Gasteiger partial charge in [0.05, 0.1) is 0 Å². The molecule has 0 aliphatic carbocycles. The molecule has 0 nitrogen and oxygen atoms in total. The number of hydrogen-bond acceptors (Lipinski definition) is 0. The summed E-state index contributed by atoms with van der Waals surface area (Å²) in [6.45, 7) is 0. The topological polar surface area (TPSA) is 0 Å². The van der Waals surface area contributed by atoms with Crippen LogP contribution in [0.3, 0.4) is 0 Å². The van der Waals surface area contributed by atoms with E-state index in [1.807, 2.05) is 30.3 Å². The van der Waals surface area contributed by atoms with E-state index in [-0.39, 0.29) is 5.41 Å². The van der Waals surface area contributed by atoms with Gasteiger partial charge in [0, 0.05) is 22.2 Å². The third-order valence-electron chi connectivity index (χ3n) is 3.93. The van der Waals surface area contributed by atoms with E-state index < -0.39 is 0 Å². The molecule has 0 unspecified atom stereocenters. The molecular weight excluding hydrogens is 323 g/mol. The van der Waals surface area contributed by atoms with Gasteiger partial charge in [0.25, 0.3) is 0 Å². The summed E-state index contributed by atoms with van der Waals surface area (Å²) >= 11 is 18.5.